The molecule has 3 rings (SSSR count). The van der Waals surface area contributed by atoms with Crippen molar-refractivity contribution in [1.29, 1.82) is 0 Å². The van der Waals surface area contributed by atoms with Crippen LogP contribution in [0.1, 0.15) is 49.5 Å². The van der Waals surface area contributed by atoms with Crippen LogP contribution in [0, 0.1) is 0 Å². The molecule has 1 atom stereocenters. The Kier molecular flexibility index (Phi) is 10.4. The van der Waals surface area contributed by atoms with Crippen molar-refractivity contribution in [1.82, 2.24) is 24.8 Å². The molecular weight excluding hydrogens is 548 g/mol. The fourth-order valence-electron chi connectivity index (χ4n) is 3.65. The number of nitrogens with zero attached hydrogens (tertiary/aromatic N) is 4. The van der Waals surface area contributed by atoms with E-state index in [9.17, 15) is 24.0 Å². The third-order valence-electron chi connectivity index (χ3n) is 5.52. The Morgan fingerprint density at radius 2 is 1.79 bits per heavy atom. The summed E-state index contributed by atoms with van der Waals surface area (Å²) >= 11 is 0. The summed E-state index contributed by atoms with van der Waals surface area (Å²) in [7, 11) is 0. The van der Waals surface area contributed by atoms with Crippen LogP contribution in [0.5, 0.6) is 0 Å². The third-order valence-corrected chi connectivity index (χ3v) is 5.52. The summed E-state index contributed by atoms with van der Waals surface area (Å²) in [6, 6.07) is 10.6. The van der Waals surface area contributed by atoms with E-state index in [0.717, 1.165) is 10.2 Å². The lowest BCUT2D eigenvalue weighted by molar-refractivity contribution is -0.157. The average Bonchev–Trinajstić information content (AvgIpc) is 3.23. The number of benzene rings is 1. The van der Waals surface area contributed by atoms with E-state index in [1.807, 2.05) is 6.07 Å². The normalized spacial score (nSPS) is 11.8. The van der Waals surface area contributed by atoms with Gasteiger partial charge in [-0.25, -0.2) is 23.5 Å². The van der Waals surface area contributed by atoms with Crippen molar-refractivity contribution in [3.05, 3.63) is 70.3 Å². The number of rotatable bonds is 11. The van der Waals surface area contributed by atoms with Crippen molar-refractivity contribution in [2.24, 2.45) is 16.5 Å². The predicted octanol–water partition coefficient (Wildman–Crippen LogP) is 0.443. The molecule has 42 heavy (non-hydrogen) atoms. The van der Waals surface area contributed by atoms with Crippen molar-refractivity contribution in [3.63, 3.8) is 0 Å². The first-order valence-corrected chi connectivity index (χ1v) is 13.0. The molecule has 15 nitrogen and oxygen atoms in total. The fourth-order valence-corrected chi connectivity index (χ4v) is 3.65. The maximum absolute atomic E-state index is 12.9. The molecule has 0 saturated carbocycles. The second kappa shape index (κ2) is 13.9. The van der Waals surface area contributed by atoms with Crippen LogP contribution >= 0.6 is 0 Å². The van der Waals surface area contributed by atoms with Gasteiger partial charge in [0.15, 0.2) is 11.6 Å². The van der Waals surface area contributed by atoms with E-state index in [-0.39, 0.29) is 49.7 Å². The van der Waals surface area contributed by atoms with Crippen LogP contribution in [0.3, 0.4) is 0 Å². The lowest BCUT2D eigenvalue weighted by atomic mass is 10.2. The van der Waals surface area contributed by atoms with E-state index in [0.29, 0.717) is 0 Å². The van der Waals surface area contributed by atoms with Gasteiger partial charge in [-0.15, -0.1) is 5.10 Å². The molecule has 0 spiro atoms. The summed E-state index contributed by atoms with van der Waals surface area (Å²) in [5.41, 5.74) is 10.1. The van der Waals surface area contributed by atoms with Gasteiger partial charge in [-0.2, -0.15) is 4.99 Å². The third kappa shape index (κ3) is 9.46. The van der Waals surface area contributed by atoms with Crippen LogP contribution in [0.2, 0.25) is 0 Å². The Balaban J connectivity index is 1.65. The quantitative estimate of drug-likeness (QED) is 0.139. The Bertz CT molecular complexity index is 1520. The molecule has 0 aliphatic heterocycles. The molecule has 224 valence electrons. The number of alkyl carbamates (subject to hydrolysis) is 1. The smallest absolute Gasteiger partial charge is 0.408 e. The first kappa shape index (κ1) is 31.3. The highest BCUT2D eigenvalue weighted by Crippen LogP contribution is 2.10. The van der Waals surface area contributed by atoms with E-state index < -0.39 is 41.2 Å². The maximum Gasteiger partial charge on any atom is 0.408 e. The van der Waals surface area contributed by atoms with E-state index >= 15 is 0 Å². The zero-order valence-electron chi connectivity index (χ0n) is 23.5. The van der Waals surface area contributed by atoms with Crippen LogP contribution in [-0.2, 0) is 32.2 Å². The standard InChI is InChI=1S/C27H34N8O7/c1-27(2,3)42-23(38)19(31-25(39)41-16-17-8-5-4-6-9-17)14-30-22(37)18-11-12-20-33-35(26(40)34(20)15-18)13-7-10-21(36)32-24(28)29/h4-6,8-9,11-12,15,19H,7,10,13-14,16H2,1-3H3,(H,30,37)(H,31,39)(H4,28,29,32,36). The lowest BCUT2D eigenvalue weighted by Gasteiger charge is -2.24. The molecule has 0 fully saturated rings. The second-order valence-corrected chi connectivity index (χ2v) is 10.2. The van der Waals surface area contributed by atoms with Crippen molar-refractivity contribution >= 4 is 35.5 Å². The fraction of sp³-hybridized carbons (Fsp3) is 0.370. The molecule has 0 aliphatic carbocycles. The largest absolute Gasteiger partial charge is 0.458 e. The molecule has 0 bridgehead atoms. The summed E-state index contributed by atoms with van der Waals surface area (Å²) in [5.74, 6) is -2.25. The van der Waals surface area contributed by atoms with E-state index in [1.165, 1.54) is 22.7 Å². The van der Waals surface area contributed by atoms with Gasteiger partial charge in [0.05, 0.1) is 5.56 Å². The summed E-state index contributed by atoms with van der Waals surface area (Å²) in [4.78, 5) is 66.0. The second-order valence-electron chi connectivity index (χ2n) is 10.2. The number of aliphatic imine (C=N–C) groups is 1. The topological polar surface area (TPSA) is 214 Å². The molecule has 0 radical (unpaired) electrons. The van der Waals surface area contributed by atoms with E-state index in [2.05, 4.69) is 20.7 Å². The van der Waals surface area contributed by atoms with Crippen LogP contribution in [0.4, 0.5) is 4.79 Å². The molecule has 0 saturated heterocycles. The minimum atomic E-state index is -1.26. The van der Waals surface area contributed by atoms with Gasteiger partial charge in [-0.3, -0.25) is 9.59 Å². The number of carbonyl (C=O) groups is 4. The van der Waals surface area contributed by atoms with E-state index in [4.69, 9.17) is 20.9 Å². The molecule has 3 amide bonds. The number of aromatic nitrogens is 3. The Morgan fingerprint density at radius 3 is 2.45 bits per heavy atom. The SMILES string of the molecule is CC(C)(C)OC(=O)C(CNC(=O)c1ccc2nn(CCCC(=O)N=C(N)N)c(=O)n2c1)NC(=O)OCc1ccccc1. The molecule has 1 unspecified atom stereocenters. The number of carbonyl (C=O) groups excluding carboxylic acids is 4. The number of fused-ring (bicyclic) bond motifs is 1. The molecule has 2 heterocycles. The highest BCUT2D eigenvalue weighted by molar-refractivity contribution is 5.94. The zero-order valence-corrected chi connectivity index (χ0v) is 23.5. The Morgan fingerprint density at radius 1 is 1.07 bits per heavy atom. The summed E-state index contributed by atoms with van der Waals surface area (Å²) in [6.07, 6.45) is 0.702. The first-order chi connectivity index (χ1) is 19.8. The van der Waals surface area contributed by atoms with E-state index in [1.54, 1.807) is 45.0 Å². The minimum absolute atomic E-state index is 0.0124. The van der Waals surface area contributed by atoms with Gasteiger partial charge in [0.2, 0.25) is 5.91 Å². The van der Waals surface area contributed by atoms with Gasteiger partial charge in [0.1, 0.15) is 18.2 Å². The minimum Gasteiger partial charge on any atom is -0.458 e. The molecule has 2 aromatic heterocycles. The summed E-state index contributed by atoms with van der Waals surface area (Å²) in [5, 5.41) is 9.20. The Labute approximate surface area is 240 Å². The molecular formula is C27H34N8O7. The van der Waals surface area contributed by atoms with Gasteiger partial charge in [0, 0.05) is 25.7 Å². The number of pyridine rings is 1. The number of nitrogens with two attached hydrogens (primary N) is 2. The molecule has 3 aromatic rings. The number of guanidine groups is 1. The summed E-state index contributed by atoms with van der Waals surface area (Å²) in [6.45, 7) is 4.80. The Hall–Kier alpha value is -5.21. The monoisotopic (exact) mass is 582 g/mol. The van der Waals surface area contributed by atoms with Crippen LogP contribution < -0.4 is 27.8 Å². The zero-order chi connectivity index (χ0) is 30.9. The van der Waals surface area contributed by atoms with Crippen molar-refractivity contribution < 1.29 is 28.7 Å². The van der Waals surface area contributed by atoms with Gasteiger partial charge in [-0.05, 0) is 44.9 Å². The number of hydrogen-bond donors (Lipinski definition) is 4. The number of esters is 1. The summed E-state index contributed by atoms with van der Waals surface area (Å²) < 4.78 is 12.9. The van der Waals surface area contributed by atoms with Gasteiger partial charge in [-0.1, -0.05) is 30.3 Å². The van der Waals surface area contributed by atoms with Crippen molar-refractivity contribution in [2.45, 2.75) is 58.4 Å². The molecule has 1 aromatic carbocycles. The highest BCUT2D eigenvalue weighted by Gasteiger charge is 2.28. The lowest BCUT2D eigenvalue weighted by Crippen LogP contribution is -2.50. The van der Waals surface area contributed by atoms with Crippen LogP contribution in [0.25, 0.3) is 5.65 Å². The van der Waals surface area contributed by atoms with Gasteiger partial charge in [0.25, 0.3) is 5.91 Å². The number of amides is 3. The average molecular weight is 583 g/mol. The first-order valence-electron chi connectivity index (χ1n) is 13.0. The number of nitrogens with one attached hydrogen (secondary N) is 2. The number of aryl methyl sites for hydroxylation is 1. The predicted molar refractivity (Wildman–Crippen MR) is 151 cm³/mol. The number of hydrogen-bond acceptors (Lipinski definition) is 8. The van der Waals surface area contributed by atoms with Crippen molar-refractivity contribution in [3.8, 4) is 0 Å². The van der Waals surface area contributed by atoms with Crippen LogP contribution in [0.15, 0.2) is 58.4 Å². The van der Waals surface area contributed by atoms with Gasteiger partial charge >= 0.3 is 17.8 Å². The molecule has 0 aliphatic rings. The maximum atomic E-state index is 12.9. The molecule has 6 N–H and O–H groups in total. The van der Waals surface area contributed by atoms with Crippen LogP contribution in [-0.4, -0.2) is 62.2 Å². The van der Waals surface area contributed by atoms with Gasteiger partial charge < -0.3 is 31.6 Å². The highest BCUT2D eigenvalue weighted by atomic mass is 16.6. The number of ether oxygens (including phenoxy) is 2. The van der Waals surface area contributed by atoms with Crippen molar-refractivity contribution in [2.75, 3.05) is 6.54 Å². The molecule has 15 heteroatoms.